The van der Waals surface area contributed by atoms with Crippen LogP contribution >= 0.6 is 47.3 Å². The van der Waals surface area contributed by atoms with Gasteiger partial charge in [-0.25, -0.2) is 19.9 Å². The molecule has 3 N–H and O–H groups in total. The van der Waals surface area contributed by atoms with E-state index in [2.05, 4.69) is 97.6 Å². The fourth-order valence-electron chi connectivity index (χ4n) is 9.12. The number of imidazole rings is 2. The first kappa shape index (κ1) is 45.8. The van der Waals surface area contributed by atoms with Crippen LogP contribution in [0.5, 0.6) is 28.7 Å². The van der Waals surface area contributed by atoms with E-state index in [0.717, 1.165) is 74.9 Å². The predicted molar refractivity (Wildman–Crippen MR) is 276 cm³/mol. The number of benzene rings is 4. The number of nitrogens with one attached hydrogen (secondary N) is 2. The lowest BCUT2D eigenvalue weighted by Gasteiger charge is -2.22. The van der Waals surface area contributed by atoms with Crippen LogP contribution < -0.4 is 29.6 Å². The Balaban J connectivity index is 0.000000147. The summed E-state index contributed by atoms with van der Waals surface area (Å²) in [6, 6.07) is 27.7. The van der Waals surface area contributed by atoms with Crippen LogP contribution in [-0.4, -0.2) is 73.0 Å². The molecule has 0 unspecified atom stereocenters. The molecule has 0 saturated heterocycles. The van der Waals surface area contributed by atoms with Gasteiger partial charge < -0.3 is 34.7 Å². The Morgan fingerprint density at radius 2 is 1.00 bits per heavy atom. The second-order valence-electron chi connectivity index (χ2n) is 17.0. The van der Waals surface area contributed by atoms with Gasteiger partial charge >= 0.3 is 3.18 Å². The highest BCUT2D eigenvalue weighted by molar-refractivity contribution is 9.69. The maximum atomic E-state index is 10.2. The first-order valence-corrected chi connectivity index (χ1v) is 25.6. The maximum absolute atomic E-state index is 10.2. The molecule has 19 heteroatoms. The molecule has 2 aliphatic carbocycles. The molecule has 8 aromatic rings. The predicted octanol–water partition coefficient (Wildman–Crippen LogP) is 12.1. The summed E-state index contributed by atoms with van der Waals surface area (Å²) in [5.41, 5.74) is 6.44. The van der Waals surface area contributed by atoms with Gasteiger partial charge in [0.05, 0.1) is 22.1 Å². The van der Waals surface area contributed by atoms with Crippen molar-refractivity contribution in [1.82, 2.24) is 39.0 Å². The van der Waals surface area contributed by atoms with Gasteiger partial charge in [0.1, 0.15) is 29.0 Å². The number of fused-ring (bicyclic) bond motifs is 4. The SMILES string of the molecule is BrB(Br)Br.Cc1ccc2nc(-c3ccc4c(c3)OCO4)n(-c3ccnc(NC4CCCCC4)n3)c2c1.Oc1ccc2nc(-c3ccc4c(c3)OCO4)n(-c3ccnc(NC4CCCCC4)n3)c2c1. The number of phenolic OH excluding ortho intramolecular Hbond substituents is 1. The Bertz CT molecular complexity index is 2870. The highest BCUT2D eigenvalue weighted by Gasteiger charge is 2.23. The van der Waals surface area contributed by atoms with Crippen molar-refractivity contribution >= 4 is 84.4 Å². The van der Waals surface area contributed by atoms with E-state index in [1.165, 1.54) is 56.9 Å². The molecule has 4 aliphatic rings. The van der Waals surface area contributed by atoms with Crippen molar-refractivity contribution in [3.63, 3.8) is 0 Å². The monoisotopic (exact) mass is 1100 g/mol. The van der Waals surface area contributed by atoms with E-state index in [0.29, 0.717) is 41.4 Å². The Hall–Kier alpha value is -5.92. The molecule has 4 aromatic heterocycles. The minimum absolute atomic E-state index is 0.172. The Kier molecular flexibility index (Phi) is 14.0. The number of nitrogens with zero attached hydrogens (tertiary/aromatic N) is 8. The summed E-state index contributed by atoms with van der Waals surface area (Å²) in [4.78, 5) is 28.5. The van der Waals surface area contributed by atoms with Crippen LogP contribution in [0.25, 0.3) is 56.5 Å². The topological polar surface area (TPSA) is 168 Å². The Labute approximate surface area is 418 Å². The number of aryl methyl sites for hydroxylation is 1. The van der Waals surface area contributed by atoms with Crippen molar-refractivity contribution in [1.29, 1.82) is 0 Å². The lowest BCUT2D eigenvalue weighted by atomic mass is 9.96. The summed E-state index contributed by atoms with van der Waals surface area (Å²) < 4.78 is 26.4. The van der Waals surface area contributed by atoms with E-state index in [9.17, 15) is 5.11 Å². The normalized spacial score (nSPS) is 15.4. The summed E-state index contributed by atoms with van der Waals surface area (Å²) in [6.07, 6.45) is 15.8. The van der Waals surface area contributed by atoms with Gasteiger partial charge in [-0.15, -0.1) is 47.3 Å². The van der Waals surface area contributed by atoms with Crippen LogP contribution in [0.3, 0.4) is 0 Å². The molecule has 2 saturated carbocycles. The largest absolute Gasteiger partial charge is 0.508 e. The molecule has 2 aliphatic heterocycles. The summed E-state index contributed by atoms with van der Waals surface area (Å²) >= 11 is 9.31. The Morgan fingerprint density at radius 3 is 1.50 bits per heavy atom. The highest BCUT2D eigenvalue weighted by Crippen LogP contribution is 2.39. The van der Waals surface area contributed by atoms with E-state index in [1.54, 1.807) is 24.4 Å². The average molecular weight is 1110 g/mol. The van der Waals surface area contributed by atoms with Crippen LogP contribution in [0.4, 0.5) is 11.9 Å². The van der Waals surface area contributed by atoms with Crippen LogP contribution in [0, 0.1) is 6.92 Å². The van der Waals surface area contributed by atoms with Crippen molar-refractivity contribution in [2.24, 2.45) is 0 Å². The maximum Gasteiger partial charge on any atom is 0.369 e. The van der Waals surface area contributed by atoms with E-state index in [4.69, 9.17) is 38.9 Å². The van der Waals surface area contributed by atoms with Gasteiger partial charge in [0.15, 0.2) is 23.0 Å². The zero-order valence-electron chi connectivity index (χ0n) is 37.2. The number of ether oxygens (including phenoxy) is 4. The zero-order valence-corrected chi connectivity index (χ0v) is 42.0. The molecule has 15 nitrogen and oxygen atoms in total. The first-order valence-electron chi connectivity index (χ1n) is 22.9. The van der Waals surface area contributed by atoms with Gasteiger partial charge in [-0.1, -0.05) is 44.6 Å². The van der Waals surface area contributed by atoms with Gasteiger partial charge in [-0.2, -0.15) is 9.97 Å². The van der Waals surface area contributed by atoms with E-state index >= 15 is 0 Å². The van der Waals surface area contributed by atoms with Crippen molar-refractivity contribution in [3.05, 3.63) is 103 Å². The van der Waals surface area contributed by atoms with Crippen LogP contribution in [0.15, 0.2) is 97.3 Å². The molecule has 4 aromatic carbocycles. The number of phenols is 1. The summed E-state index contributed by atoms with van der Waals surface area (Å²) in [6.45, 7) is 2.55. The third-order valence-corrected chi connectivity index (χ3v) is 12.3. The number of hydrogen-bond donors (Lipinski definition) is 3. The molecule has 0 amide bonds. The van der Waals surface area contributed by atoms with Gasteiger partial charge in [-0.3, -0.25) is 9.13 Å². The quantitative estimate of drug-likeness (QED) is 0.123. The third-order valence-electron chi connectivity index (χ3n) is 12.3. The number of aromatic nitrogens is 8. The highest BCUT2D eigenvalue weighted by atomic mass is 79.9. The Morgan fingerprint density at radius 1 is 0.544 bits per heavy atom. The molecule has 6 heterocycles. The molecular formula is C49H48BBr3N10O5. The average Bonchev–Trinajstić information content (AvgIpc) is 4.17. The van der Waals surface area contributed by atoms with Crippen molar-refractivity contribution in [3.8, 4) is 63.2 Å². The number of anilines is 2. The molecule has 0 bridgehead atoms. The van der Waals surface area contributed by atoms with E-state index in [-0.39, 0.29) is 22.5 Å². The lowest BCUT2D eigenvalue weighted by molar-refractivity contribution is 0.173. The molecular weight excluding hydrogens is 1060 g/mol. The fourth-order valence-corrected chi connectivity index (χ4v) is 9.12. The smallest absolute Gasteiger partial charge is 0.369 e. The van der Waals surface area contributed by atoms with Gasteiger partial charge in [0, 0.05) is 41.7 Å². The number of halogens is 3. The van der Waals surface area contributed by atoms with E-state index < -0.39 is 0 Å². The standard InChI is InChI=1S/C25H25N5O2.C24H23N5O3.BBr3/c1-16-7-9-19-20(13-16)30(24(28-19)17-8-10-21-22(14-17)32-15-31-21)23-11-12-26-25(29-23)27-18-5-3-2-4-6-18;30-17-7-8-18-19(13-17)29(23(27-18)15-6-9-20-21(12-15)32-14-31-20)22-10-11-25-24(28-22)26-16-4-2-1-3-5-16;2-1(3)4/h7-14,18H,2-6,15H2,1H3,(H,26,27,29);6-13,16,30H,1-5,14H2,(H,25,26,28);. The van der Waals surface area contributed by atoms with Crippen molar-refractivity contribution < 1.29 is 24.1 Å². The molecule has 68 heavy (non-hydrogen) atoms. The molecule has 0 spiro atoms. The fraction of sp³-hybridized carbons (Fsp3) is 0.306. The minimum atomic E-state index is 0.172. The van der Waals surface area contributed by atoms with Crippen molar-refractivity contribution in [2.45, 2.75) is 83.2 Å². The molecule has 0 atom stereocenters. The molecule has 0 radical (unpaired) electrons. The van der Waals surface area contributed by atoms with Gasteiger partial charge in [-0.05, 0) is 111 Å². The van der Waals surface area contributed by atoms with Crippen LogP contribution in [0.1, 0.15) is 69.8 Å². The number of rotatable bonds is 8. The van der Waals surface area contributed by atoms with Crippen LogP contribution in [-0.2, 0) is 0 Å². The lowest BCUT2D eigenvalue weighted by Crippen LogP contribution is -2.23. The van der Waals surface area contributed by atoms with Gasteiger partial charge in [0.25, 0.3) is 0 Å². The molecule has 12 rings (SSSR count). The van der Waals surface area contributed by atoms with Crippen molar-refractivity contribution in [2.75, 3.05) is 24.2 Å². The second kappa shape index (κ2) is 20.8. The molecule has 348 valence electrons. The number of hydrogen-bond acceptors (Lipinski definition) is 13. The van der Waals surface area contributed by atoms with E-state index in [1.807, 2.05) is 59.3 Å². The van der Waals surface area contributed by atoms with Crippen LogP contribution in [0.2, 0.25) is 0 Å². The first-order chi connectivity index (χ1) is 33.2. The second-order valence-corrected chi connectivity index (χ2v) is 23.5. The summed E-state index contributed by atoms with van der Waals surface area (Å²) in [7, 11) is 0. The third kappa shape index (κ3) is 10.4. The zero-order chi connectivity index (χ0) is 46.6. The van der Waals surface area contributed by atoms with Gasteiger partial charge in [0.2, 0.25) is 25.5 Å². The number of aromatic hydroxyl groups is 1. The summed E-state index contributed by atoms with van der Waals surface area (Å²) in [5.74, 6) is 7.32. The summed E-state index contributed by atoms with van der Waals surface area (Å²) in [5, 5.41) is 17.2. The minimum Gasteiger partial charge on any atom is -0.508 e. The molecule has 2 fully saturated rings.